The summed E-state index contributed by atoms with van der Waals surface area (Å²) in [5, 5.41) is 0. The highest BCUT2D eigenvalue weighted by Crippen LogP contribution is 2.31. The molecule has 8 heteroatoms. The van der Waals surface area contributed by atoms with Crippen molar-refractivity contribution in [3.8, 4) is 0 Å². The van der Waals surface area contributed by atoms with Gasteiger partial charge in [0.05, 0.1) is 31.2 Å². The maximum absolute atomic E-state index is 7.52. The molecule has 0 radical (unpaired) electrons. The molecule has 8 nitrogen and oxygen atoms in total. The molecule has 3 rings (SSSR count). The van der Waals surface area contributed by atoms with Crippen LogP contribution in [-0.4, -0.2) is 19.9 Å². The number of benzene rings is 1. The first-order chi connectivity index (χ1) is 13.3. The van der Waals surface area contributed by atoms with Gasteiger partial charge in [0.25, 0.3) is 11.6 Å². The van der Waals surface area contributed by atoms with Gasteiger partial charge in [-0.25, -0.2) is 0 Å². The first-order valence-corrected chi connectivity index (χ1v) is 6.98. The van der Waals surface area contributed by atoms with Gasteiger partial charge < -0.3 is 9.69 Å². The summed E-state index contributed by atoms with van der Waals surface area (Å²) in [6.07, 6.45) is 0.0485. The van der Waals surface area contributed by atoms with Crippen LogP contribution in [-0.2, 0) is 0 Å². The van der Waals surface area contributed by atoms with E-state index in [4.69, 9.17) is 29.0 Å². The zero-order valence-electron chi connectivity index (χ0n) is 15.7. The Balaban J connectivity index is 0.000000292. The van der Waals surface area contributed by atoms with Crippen molar-refractivity contribution in [1.82, 2.24) is 19.9 Å². The molecule has 0 saturated heterocycles. The number of nitrogens with zero attached hydrogens (tertiary/aromatic N) is 8. The van der Waals surface area contributed by atoms with E-state index in [0.717, 1.165) is 0 Å². The van der Waals surface area contributed by atoms with Crippen LogP contribution in [0.1, 0.15) is 21.6 Å². The van der Waals surface area contributed by atoms with Crippen LogP contribution < -0.4 is 0 Å². The minimum absolute atomic E-state index is 0. The Labute approximate surface area is 160 Å². The van der Waals surface area contributed by atoms with E-state index in [0.29, 0.717) is 22.4 Å². The smallest absolute Gasteiger partial charge is 0.293 e. The second-order valence-corrected chi connectivity index (χ2v) is 4.77. The lowest BCUT2D eigenvalue weighted by Crippen LogP contribution is -1.86. The summed E-state index contributed by atoms with van der Waals surface area (Å²) in [4.78, 5) is 28.0. The van der Waals surface area contributed by atoms with Crippen LogP contribution in [0.2, 0.25) is 0 Å². The molecule has 0 unspecified atom stereocenters. The summed E-state index contributed by atoms with van der Waals surface area (Å²) in [6.45, 7) is 30.5. The fraction of sp³-hybridized carbons (Fsp3) is 0.158. The van der Waals surface area contributed by atoms with Gasteiger partial charge in [0.1, 0.15) is 1.37 Å². The Hall–Kier alpha value is -4.40. The Bertz CT molecular complexity index is 1160. The largest absolute Gasteiger partial charge is 0.370 e. The summed E-state index contributed by atoms with van der Waals surface area (Å²) in [5.41, 5.74) is 2.43. The van der Waals surface area contributed by atoms with Gasteiger partial charge >= 0.3 is 0 Å². The zero-order chi connectivity index (χ0) is 20.8. The summed E-state index contributed by atoms with van der Waals surface area (Å²) in [5.74, 6) is -0.126. The van der Waals surface area contributed by atoms with Crippen LogP contribution in [0, 0.1) is 40.1 Å². The summed E-state index contributed by atoms with van der Waals surface area (Å²) in [6, 6.07) is 3.04. The highest BCUT2D eigenvalue weighted by Gasteiger charge is 2.07. The van der Waals surface area contributed by atoms with Crippen LogP contribution >= 0.6 is 0 Å². The molecular weight excluding hydrogens is 340 g/mol. The Morgan fingerprint density at radius 1 is 0.741 bits per heavy atom. The van der Waals surface area contributed by atoms with Gasteiger partial charge in [-0.05, 0) is 19.1 Å². The Morgan fingerprint density at radius 3 is 1.81 bits per heavy atom. The van der Waals surface area contributed by atoms with Crippen molar-refractivity contribution >= 4 is 34.0 Å². The molecule has 0 N–H and O–H groups in total. The molecule has 0 aliphatic carbocycles. The van der Waals surface area contributed by atoms with Gasteiger partial charge in [0.2, 0.25) is 0 Å². The molecule has 130 valence electrons. The summed E-state index contributed by atoms with van der Waals surface area (Å²) >= 11 is 0. The average Bonchev–Trinajstić information content (AvgIpc) is 2.70. The van der Waals surface area contributed by atoms with Gasteiger partial charge in [0.15, 0.2) is 23.2 Å². The lowest BCUT2D eigenvalue weighted by atomic mass is 10.2. The maximum atomic E-state index is 7.52. The molecule has 0 bridgehead atoms. The lowest BCUT2D eigenvalue weighted by Gasteiger charge is -2.00. The third kappa shape index (κ3) is 4.79. The first-order valence-electron chi connectivity index (χ1n) is 7.98. The van der Waals surface area contributed by atoms with Crippen LogP contribution in [0.4, 0.5) is 23.0 Å². The number of hydrogen-bond donors (Lipinski definition) is 0. The highest BCUT2D eigenvalue weighted by atomic mass is 15.0. The van der Waals surface area contributed by atoms with Crippen LogP contribution in [0.25, 0.3) is 30.4 Å². The van der Waals surface area contributed by atoms with E-state index in [9.17, 15) is 0 Å². The first kappa shape index (κ1) is 17.4. The van der Waals surface area contributed by atoms with E-state index in [1.807, 2.05) is 0 Å². The highest BCUT2D eigenvalue weighted by molar-refractivity contribution is 5.87. The van der Waals surface area contributed by atoms with Crippen LogP contribution in [0.5, 0.6) is 0 Å². The van der Waals surface area contributed by atoms with Gasteiger partial charge in [-0.15, -0.1) is 9.97 Å². The van der Waals surface area contributed by atoms with E-state index >= 15 is 0 Å². The quantitative estimate of drug-likeness (QED) is 0.494. The van der Waals surface area contributed by atoms with E-state index in [1.54, 1.807) is 13.8 Å². The Morgan fingerprint density at radius 2 is 1.26 bits per heavy atom. The van der Waals surface area contributed by atoms with Gasteiger partial charge in [-0.2, -0.15) is 0 Å². The molecule has 0 spiro atoms. The van der Waals surface area contributed by atoms with Crippen molar-refractivity contribution in [1.29, 1.82) is 0 Å². The molecule has 27 heavy (non-hydrogen) atoms. The van der Waals surface area contributed by atoms with E-state index in [-0.39, 0.29) is 42.8 Å². The molecule has 0 fully saturated rings. The summed E-state index contributed by atoms with van der Waals surface area (Å²) < 4.78 is 14.7. The maximum Gasteiger partial charge on any atom is 0.293 e. The fourth-order valence-electron chi connectivity index (χ4n) is 1.83. The number of aromatic nitrogens is 4. The molecule has 2 aromatic heterocycles. The SMILES string of the molecule is C.[2H]c1nc([N+]#[C-])c([N+]#[C-])nc1C.[2H]c1nc2cc([N+]#[C-])c([N+]#[C-])cc2nc1C. The predicted molar refractivity (Wildman–Crippen MR) is 103 cm³/mol. The molecule has 0 atom stereocenters. The molecule has 0 aliphatic rings. The normalized spacial score (nSPS) is 9.70. The molecule has 1 aromatic carbocycles. The number of aryl methyl sites for hydroxylation is 2. The molecule has 2 heterocycles. The minimum atomic E-state index is -0.0967. The fourth-order valence-corrected chi connectivity index (χ4v) is 1.83. The van der Waals surface area contributed by atoms with Crippen molar-refractivity contribution in [2.45, 2.75) is 21.3 Å². The van der Waals surface area contributed by atoms with Crippen molar-refractivity contribution in [2.24, 2.45) is 0 Å². The number of hydrogen-bond acceptors (Lipinski definition) is 4. The zero-order valence-corrected chi connectivity index (χ0v) is 13.7. The van der Waals surface area contributed by atoms with Crippen molar-refractivity contribution < 1.29 is 2.74 Å². The standard InChI is InChI=1S/C11H6N4.C7H4N4.CH4/c1-7-6-14-10-4-8(12-2)9(13-3)5-11(10)15-7;1-5-4-10-6(8-2)7(9-3)11-5;/h4-6H,1H3;4H,1H3;1H4/i6D;4D;. The average molecular weight is 356 g/mol. The Kier molecular flexibility index (Phi) is 5.92. The topological polar surface area (TPSA) is 69.0 Å². The van der Waals surface area contributed by atoms with E-state index in [1.165, 1.54) is 12.1 Å². The second-order valence-electron chi connectivity index (χ2n) is 4.77. The van der Waals surface area contributed by atoms with E-state index < -0.39 is 0 Å². The minimum Gasteiger partial charge on any atom is -0.370 e. The second kappa shape index (κ2) is 9.18. The molecular formula is C19H14N8. The van der Waals surface area contributed by atoms with Crippen molar-refractivity contribution in [3.63, 3.8) is 0 Å². The number of fused-ring (bicyclic) bond motifs is 1. The third-order valence-electron chi connectivity index (χ3n) is 2.95. The predicted octanol–water partition coefficient (Wildman–Crippen LogP) is 5.56. The number of rotatable bonds is 0. The lowest BCUT2D eigenvalue weighted by molar-refractivity contribution is 1.15. The van der Waals surface area contributed by atoms with Crippen molar-refractivity contribution in [2.75, 3.05) is 0 Å². The molecule has 0 amide bonds. The van der Waals surface area contributed by atoms with Gasteiger partial charge in [-0.3, -0.25) is 19.7 Å². The molecule has 0 aliphatic heterocycles. The van der Waals surface area contributed by atoms with Crippen LogP contribution in [0.3, 0.4) is 0 Å². The van der Waals surface area contributed by atoms with Gasteiger partial charge in [-0.1, -0.05) is 20.6 Å². The monoisotopic (exact) mass is 356 g/mol. The third-order valence-corrected chi connectivity index (χ3v) is 2.95. The molecule has 0 saturated carbocycles. The summed E-state index contributed by atoms with van der Waals surface area (Å²) in [7, 11) is 0. The van der Waals surface area contributed by atoms with Crippen molar-refractivity contribution in [3.05, 3.63) is 81.5 Å². The molecule has 3 aromatic rings. The van der Waals surface area contributed by atoms with E-state index in [2.05, 4.69) is 39.3 Å². The van der Waals surface area contributed by atoms with Gasteiger partial charge in [0, 0.05) is 13.1 Å². The van der Waals surface area contributed by atoms with Crippen LogP contribution in [0.15, 0.2) is 24.5 Å².